The molecular formula is C13H18ClF3N2. The van der Waals surface area contributed by atoms with Gasteiger partial charge in [0.25, 0.3) is 0 Å². The molecule has 1 unspecified atom stereocenters. The molecule has 0 heterocycles. The van der Waals surface area contributed by atoms with Crippen molar-refractivity contribution in [3.05, 3.63) is 34.9 Å². The SMILES string of the molecule is CCCN(CC(F)(F)F)C(CN)c1ccc(Cl)cc1. The summed E-state index contributed by atoms with van der Waals surface area (Å²) in [5, 5.41) is 0.553. The van der Waals surface area contributed by atoms with Crippen molar-refractivity contribution >= 4 is 11.6 Å². The Morgan fingerprint density at radius 2 is 1.84 bits per heavy atom. The van der Waals surface area contributed by atoms with E-state index in [1.54, 1.807) is 24.3 Å². The number of nitrogens with two attached hydrogens (primary N) is 1. The molecule has 0 saturated heterocycles. The lowest BCUT2D eigenvalue weighted by Gasteiger charge is -2.31. The van der Waals surface area contributed by atoms with Crippen LogP contribution in [0.3, 0.4) is 0 Å². The molecule has 0 radical (unpaired) electrons. The van der Waals surface area contributed by atoms with E-state index >= 15 is 0 Å². The van der Waals surface area contributed by atoms with E-state index < -0.39 is 18.8 Å². The van der Waals surface area contributed by atoms with E-state index in [9.17, 15) is 13.2 Å². The lowest BCUT2D eigenvalue weighted by molar-refractivity contribution is -0.150. The number of halogens is 4. The molecule has 1 rings (SSSR count). The molecule has 0 spiro atoms. The fourth-order valence-electron chi connectivity index (χ4n) is 2.04. The Balaban J connectivity index is 2.92. The highest BCUT2D eigenvalue weighted by Crippen LogP contribution is 2.26. The standard InChI is InChI=1S/C13H18ClF3N2/c1-2-7-19(9-13(15,16)17)12(8-18)10-3-5-11(14)6-4-10/h3-6,12H,2,7-9,18H2,1H3. The van der Waals surface area contributed by atoms with Crippen molar-refractivity contribution in [1.82, 2.24) is 4.90 Å². The second-order valence-electron chi connectivity index (χ2n) is 4.39. The van der Waals surface area contributed by atoms with Gasteiger partial charge in [0, 0.05) is 17.6 Å². The number of benzene rings is 1. The molecule has 2 N–H and O–H groups in total. The highest BCUT2D eigenvalue weighted by molar-refractivity contribution is 6.30. The fraction of sp³-hybridized carbons (Fsp3) is 0.538. The Hall–Kier alpha value is -0.780. The average Bonchev–Trinajstić information content (AvgIpc) is 2.31. The molecular weight excluding hydrogens is 277 g/mol. The molecule has 0 aliphatic carbocycles. The summed E-state index contributed by atoms with van der Waals surface area (Å²) < 4.78 is 37.8. The van der Waals surface area contributed by atoms with Gasteiger partial charge in [0.1, 0.15) is 0 Å². The summed E-state index contributed by atoms with van der Waals surface area (Å²) in [6, 6.07) is 6.32. The predicted molar refractivity (Wildman–Crippen MR) is 71.2 cm³/mol. The lowest BCUT2D eigenvalue weighted by atomic mass is 10.0. The van der Waals surface area contributed by atoms with Crippen LogP contribution in [0.1, 0.15) is 24.9 Å². The molecule has 0 aliphatic rings. The van der Waals surface area contributed by atoms with Gasteiger partial charge >= 0.3 is 6.18 Å². The van der Waals surface area contributed by atoms with Crippen LogP contribution in [-0.4, -0.2) is 30.7 Å². The van der Waals surface area contributed by atoms with Crippen molar-refractivity contribution < 1.29 is 13.2 Å². The van der Waals surface area contributed by atoms with E-state index in [0.717, 1.165) is 5.56 Å². The van der Waals surface area contributed by atoms with Gasteiger partial charge in [-0.25, -0.2) is 0 Å². The van der Waals surface area contributed by atoms with Crippen LogP contribution < -0.4 is 5.73 Å². The molecule has 1 atom stereocenters. The van der Waals surface area contributed by atoms with Gasteiger partial charge in [-0.05, 0) is 30.7 Å². The summed E-state index contributed by atoms with van der Waals surface area (Å²) in [6.45, 7) is 1.38. The molecule has 0 bridgehead atoms. The molecule has 0 fully saturated rings. The molecule has 0 aliphatic heterocycles. The van der Waals surface area contributed by atoms with Crippen molar-refractivity contribution in [2.24, 2.45) is 5.73 Å². The van der Waals surface area contributed by atoms with Crippen LogP contribution >= 0.6 is 11.6 Å². The van der Waals surface area contributed by atoms with Crippen LogP contribution in [0.4, 0.5) is 13.2 Å². The fourth-order valence-corrected chi connectivity index (χ4v) is 2.17. The zero-order valence-electron chi connectivity index (χ0n) is 10.8. The van der Waals surface area contributed by atoms with Gasteiger partial charge in [-0.3, -0.25) is 4.90 Å². The third kappa shape index (κ3) is 5.38. The van der Waals surface area contributed by atoms with Crippen LogP contribution in [0, 0.1) is 0 Å². The molecule has 0 aromatic heterocycles. The van der Waals surface area contributed by atoms with Crippen molar-refractivity contribution in [1.29, 1.82) is 0 Å². The Morgan fingerprint density at radius 3 is 2.26 bits per heavy atom. The Morgan fingerprint density at radius 1 is 1.26 bits per heavy atom. The maximum Gasteiger partial charge on any atom is 0.401 e. The maximum absolute atomic E-state index is 12.6. The third-order valence-electron chi connectivity index (χ3n) is 2.81. The largest absolute Gasteiger partial charge is 0.401 e. The van der Waals surface area contributed by atoms with E-state index in [-0.39, 0.29) is 6.54 Å². The zero-order chi connectivity index (χ0) is 14.5. The first kappa shape index (κ1) is 16.3. The molecule has 108 valence electrons. The second kappa shape index (κ2) is 7.12. The summed E-state index contributed by atoms with van der Waals surface area (Å²) in [6.07, 6.45) is -3.59. The van der Waals surface area contributed by atoms with E-state index in [0.29, 0.717) is 18.0 Å². The number of hydrogen-bond donors (Lipinski definition) is 1. The summed E-state index contributed by atoms with van der Waals surface area (Å²) in [5.74, 6) is 0. The van der Waals surface area contributed by atoms with Crippen LogP contribution in [0.5, 0.6) is 0 Å². The minimum Gasteiger partial charge on any atom is -0.329 e. The molecule has 1 aromatic rings. The molecule has 0 saturated carbocycles. The molecule has 0 amide bonds. The summed E-state index contributed by atoms with van der Waals surface area (Å²) in [4.78, 5) is 1.36. The average molecular weight is 295 g/mol. The van der Waals surface area contributed by atoms with E-state index in [2.05, 4.69) is 0 Å². The van der Waals surface area contributed by atoms with Crippen LogP contribution in [0.15, 0.2) is 24.3 Å². The van der Waals surface area contributed by atoms with Crippen molar-refractivity contribution in [2.75, 3.05) is 19.6 Å². The maximum atomic E-state index is 12.6. The topological polar surface area (TPSA) is 29.3 Å². The van der Waals surface area contributed by atoms with E-state index in [4.69, 9.17) is 17.3 Å². The normalized spacial score (nSPS) is 13.8. The highest BCUT2D eigenvalue weighted by Gasteiger charge is 2.33. The lowest BCUT2D eigenvalue weighted by Crippen LogP contribution is -2.40. The summed E-state index contributed by atoms with van der Waals surface area (Å²) >= 11 is 5.78. The van der Waals surface area contributed by atoms with E-state index in [1.165, 1.54) is 4.90 Å². The minimum absolute atomic E-state index is 0.137. The molecule has 1 aromatic carbocycles. The Labute approximate surface area is 116 Å². The zero-order valence-corrected chi connectivity index (χ0v) is 11.5. The van der Waals surface area contributed by atoms with Gasteiger partial charge in [-0.2, -0.15) is 13.2 Å². The molecule has 19 heavy (non-hydrogen) atoms. The van der Waals surface area contributed by atoms with Crippen LogP contribution in [0.2, 0.25) is 5.02 Å². The summed E-state index contributed by atoms with van der Waals surface area (Å²) in [7, 11) is 0. The van der Waals surface area contributed by atoms with E-state index in [1.807, 2.05) is 6.92 Å². The quantitative estimate of drug-likeness (QED) is 0.868. The highest BCUT2D eigenvalue weighted by atomic mass is 35.5. The number of alkyl halides is 3. The number of nitrogens with zero attached hydrogens (tertiary/aromatic N) is 1. The van der Waals surface area contributed by atoms with Crippen LogP contribution in [-0.2, 0) is 0 Å². The van der Waals surface area contributed by atoms with Gasteiger partial charge < -0.3 is 5.73 Å². The van der Waals surface area contributed by atoms with Gasteiger partial charge in [-0.15, -0.1) is 0 Å². The minimum atomic E-state index is -4.23. The van der Waals surface area contributed by atoms with Crippen molar-refractivity contribution in [2.45, 2.75) is 25.6 Å². The first-order valence-corrected chi connectivity index (χ1v) is 6.51. The first-order chi connectivity index (χ1) is 8.87. The third-order valence-corrected chi connectivity index (χ3v) is 3.06. The smallest absolute Gasteiger partial charge is 0.329 e. The molecule has 2 nitrogen and oxygen atoms in total. The first-order valence-electron chi connectivity index (χ1n) is 6.13. The predicted octanol–water partition coefficient (Wildman–Crippen LogP) is 3.61. The van der Waals surface area contributed by atoms with Gasteiger partial charge in [-0.1, -0.05) is 30.7 Å². The Bertz CT molecular complexity index is 378. The van der Waals surface area contributed by atoms with Crippen LogP contribution in [0.25, 0.3) is 0 Å². The van der Waals surface area contributed by atoms with Gasteiger partial charge in [0.05, 0.1) is 6.54 Å². The number of rotatable bonds is 6. The van der Waals surface area contributed by atoms with Gasteiger partial charge in [0.15, 0.2) is 0 Å². The molecule has 6 heteroatoms. The monoisotopic (exact) mass is 294 g/mol. The Kier molecular flexibility index (Phi) is 6.10. The second-order valence-corrected chi connectivity index (χ2v) is 4.83. The van der Waals surface area contributed by atoms with Gasteiger partial charge in [0.2, 0.25) is 0 Å². The van der Waals surface area contributed by atoms with Crippen molar-refractivity contribution in [3.8, 4) is 0 Å². The number of hydrogen-bond acceptors (Lipinski definition) is 2. The summed E-state index contributed by atoms with van der Waals surface area (Å²) in [5.41, 5.74) is 6.41. The van der Waals surface area contributed by atoms with Crippen molar-refractivity contribution in [3.63, 3.8) is 0 Å².